The molecule has 0 aliphatic carbocycles. The molecule has 2 aromatic heterocycles. The fraction of sp³-hybridized carbons (Fsp3) is 0.462. The first-order valence-corrected chi connectivity index (χ1v) is 7.34. The topological polar surface area (TPSA) is 81.2 Å². The number of amides is 1. The van der Waals surface area contributed by atoms with Gasteiger partial charge in [0.2, 0.25) is 5.91 Å². The van der Waals surface area contributed by atoms with E-state index in [-0.39, 0.29) is 17.7 Å². The number of nitrogens with zero attached hydrogens (tertiary/aromatic N) is 2. The molecule has 0 saturated carbocycles. The molecule has 0 bridgehead atoms. The molecule has 108 valence electrons. The first-order chi connectivity index (χ1) is 9.56. The Morgan fingerprint density at radius 3 is 2.85 bits per heavy atom. The van der Waals surface area contributed by atoms with Crippen molar-refractivity contribution in [3.05, 3.63) is 18.4 Å². The van der Waals surface area contributed by atoms with Gasteiger partial charge in [-0.1, -0.05) is 25.6 Å². The predicted octanol–water partition coefficient (Wildman–Crippen LogP) is 2.58. The normalized spacial score (nSPS) is 12.6. The van der Waals surface area contributed by atoms with Crippen LogP contribution < -0.4 is 5.32 Å². The van der Waals surface area contributed by atoms with Crippen LogP contribution in [0.15, 0.2) is 32.5 Å². The Morgan fingerprint density at radius 2 is 2.20 bits per heavy atom. The highest BCUT2D eigenvalue weighted by Crippen LogP contribution is 2.23. The molecule has 1 N–H and O–H groups in total. The minimum absolute atomic E-state index is 0.0473. The minimum atomic E-state index is -0.0473. The molecule has 2 rings (SSSR count). The quantitative estimate of drug-likeness (QED) is 0.825. The summed E-state index contributed by atoms with van der Waals surface area (Å²) in [6, 6.07) is 3.62. The van der Waals surface area contributed by atoms with E-state index in [0.29, 0.717) is 22.8 Å². The van der Waals surface area contributed by atoms with Crippen LogP contribution in [0.3, 0.4) is 0 Å². The van der Waals surface area contributed by atoms with Crippen molar-refractivity contribution < 1.29 is 13.6 Å². The second-order valence-corrected chi connectivity index (χ2v) is 5.67. The van der Waals surface area contributed by atoms with E-state index in [4.69, 9.17) is 8.83 Å². The van der Waals surface area contributed by atoms with Gasteiger partial charge in [0.25, 0.3) is 11.1 Å². The number of thioether (sulfide) groups is 1. The lowest BCUT2D eigenvalue weighted by Crippen LogP contribution is -2.37. The third kappa shape index (κ3) is 3.86. The van der Waals surface area contributed by atoms with Crippen LogP contribution in [-0.4, -0.2) is 27.9 Å². The van der Waals surface area contributed by atoms with E-state index < -0.39 is 0 Å². The van der Waals surface area contributed by atoms with Crippen LogP contribution >= 0.6 is 11.8 Å². The number of carbonyl (C=O) groups excluding carboxylic acids is 1. The van der Waals surface area contributed by atoms with Crippen molar-refractivity contribution in [3.8, 4) is 11.7 Å². The van der Waals surface area contributed by atoms with Crippen molar-refractivity contribution in [3.63, 3.8) is 0 Å². The van der Waals surface area contributed by atoms with Gasteiger partial charge in [0.1, 0.15) is 0 Å². The molecule has 7 heteroatoms. The molecule has 1 atom stereocenters. The van der Waals surface area contributed by atoms with Gasteiger partial charge in [0, 0.05) is 6.04 Å². The number of nitrogens with one attached hydrogen (secondary N) is 1. The smallest absolute Gasteiger partial charge is 0.284 e. The summed E-state index contributed by atoms with van der Waals surface area (Å²) in [6.45, 7) is 6.10. The van der Waals surface area contributed by atoms with E-state index in [1.54, 1.807) is 12.1 Å². The summed E-state index contributed by atoms with van der Waals surface area (Å²) in [4.78, 5) is 11.7. The van der Waals surface area contributed by atoms with Crippen molar-refractivity contribution in [1.29, 1.82) is 0 Å². The van der Waals surface area contributed by atoms with Gasteiger partial charge in [0.15, 0.2) is 5.76 Å². The molecule has 0 aliphatic rings. The highest BCUT2D eigenvalue weighted by molar-refractivity contribution is 7.99. The van der Waals surface area contributed by atoms with Gasteiger partial charge in [-0.3, -0.25) is 4.79 Å². The van der Waals surface area contributed by atoms with Gasteiger partial charge in [-0.05, 0) is 25.0 Å². The van der Waals surface area contributed by atoms with Gasteiger partial charge in [-0.15, -0.1) is 10.2 Å². The highest BCUT2D eigenvalue weighted by Gasteiger charge is 2.14. The first kappa shape index (κ1) is 14.6. The molecular formula is C13H17N3O3S. The van der Waals surface area contributed by atoms with Gasteiger partial charge in [0.05, 0.1) is 12.0 Å². The third-order valence-electron chi connectivity index (χ3n) is 2.85. The second-order valence-electron chi connectivity index (χ2n) is 4.74. The Bertz CT molecular complexity index is 551. The molecule has 0 aliphatic heterocycles. The Hall–Kier alpha value is -1.76. The molecule has 1 unspecified atom stereocenters. The van der Waals surface area contributed by atoms with E-state index in [1.807, 2.05) is 6.92 Å². The lowest BCUT2D eigenvalue weighted by Gasteiger charge is -2.16. The largest absolute Gasteiger partial charge is 0.459 e. The monoisotopic (exact) mass is 295 g/mol. The van der Waals surface area contributed by atoms with Crippen molar-refractivity contribution >= 4 is 17.7 Å². The number of carbonyl (C=O) groups is 1. The molecule has 0 spiro atoms. The van der Waals surface area contributed by atoms with Crippen LogP contribution in [-0.2, 0) is 4.79 Å². The molecule has 6 nitrogen and oxygen atoms in total. The van der Waals surface area contributed by atoms with Gasteiger partial charge >= 0.3 is 0 Å². The van der Waals surface area contributed by atoms with Crippen molar-refractivity contribution in [1.82, 2.24) is 15.5 Å². The summed E-state index contributed by atoms with van der Waals surface area (Å²) >= 11 is 1.21. The molecule has 0 fully saturated rings. The summed E-state index contributed by atoms with van der Waals surface area (Å²) in [5.74, 6) is 1.43. The standard InChI is InChI=1S/C13H17N3O3S/c1-8(2)9(3)14-11(17)7-20-13-16-15-12(19-13)10-5-4-6-18-10/h4-6,8-9H,7H2,1-3H3,(H,14,17). The van der Waals surface area contributed by atoms with Crippen LogP contribution in [0.2, 0.25) is 0 Å². The van der Waals surface area contributed by atoms with Crippen LogP contribution in [0.4, 0.5) is 0 Å². The SMILES string of the molecule is CC(C)C(C)NC(=O)CSc1nnc(-c2ccco2)o1. The average molecular weight is 295 g/mol. The number of hydrogen-bond donors (Lipinski definition) is 1. The maximum absolute atomic E-state index is 11.7. The molecule has 20 heavy (non-hydrogen) atoms. The maximum Gasteiger partial charge on any atom is 0.284 e. The molecule has 0 aromatic carbocycles. The molecular weight excluding hydrogens is 278 g/mol. The molecule has 0 radical (unpaired) electrons. The molecule has 2 heterocycles. The third-order valence-corrected chi connectivity index (χ3v) is 3.67. The molecule has 1 amide bonds. The zero-order valence-corrected chi connectivity index (χ0v) is 12.4. The Kier molecular flexibility index (Phi) is 4.84. The van der Waals surface area contributed by atoms with Crippen molar-refractivity contribution in [2.75, 3.05) is 5.75 Å². The predicted molar refractivity (Wildman–Crippen MR) is 75.2 cm³/mol. The van der Waals surface area contributed by atoms with Crippen molar-refractivity contribution in [2.45, 2.75) is 32.0 Å². The molecule has 0 saturated heterocycles. The average Bonchev–Trinajstić information content (AvgIpc) is 3.07. The van der Waals surface area contributed by atoms with E-state index in [0.717, 1.165) is 0 Å². The zero-order valence-electron chi connectivity index (χ0n) is 11.6. The van der Waals surface area contributed by atoms with Crippen LogP contribution in [0.25, 0.3) is 11.7 Å². The fourth-order valence-corrected chi connectivity index (χ4v) is 1.93. The lowest BCUT2D eigenvalue weighted by molar-refractivity contribution is -0.119. The highest BCUT2D eigenvalue weighted by atomic mass is 32.2. The summed E-state index contributed by atoms with van der Waals surface area (Å²) < 4.78 is 10.6. The first-order valence-electron chi connectivity index (χ1n) is 6.36. The fourth-order valence-electron chi connectivity index (χ4n) is 1.36. The summed E-state index contributed by atoms with van der Waals surface area (Å²) in [7, 11) is 0. The van der Waals surface area contributed by atoms with E-state index >= 15 is 0 Å². The zero-order chi connectivity index (χ0) is 14.5. The minimum Gasteiger partial charge on any atom is -0.459 e. The van der Waals surface area contributed by atoms with Crippen LogP contribution in [0.5, 0.6) is 0 Å². The lowest BCUT2D eigenvalue weighted by atomic mass is 10.1. The number of furan rings is 1. The number of hydrogen-bond acceptors (Lipinski definition) is 6. The van der Waals surface area contributed by atoms with Gasteiger partial charge < -0.3 is 14.2 Å². The van der Waals surface area contributed by atoms with Crippen LogP contribution in [0, 0.1) is 5.92 Å². The second kappa shape index (κ2) is 6.60. The van der Waals surface area contributed by atoms with Gasteiger partial charge in [-0.25, -0.2) is 0 Å². The maximum atomic E-state index is 11.7. The summed E-state index contributed by atoms with van der Waals surface area (Å²) in [6.07, 6.45) is 1.53. The summed E-state index contributed by atoms with van der Waals surface area (Å²) in [5, 5.41) is 11.0. The summed E-state index contributed by atoms with van der Waals surface area (Å²) in [5.41, 5.74) is 0. The Morgan fingerprint density at radius 1 is 1.40 bits per heavy atom. The number of rotatable bonds is 6. The van der Waals surface area contributed by atoms with Gasteiger partial charge in [-0.2, -0.15) is 0 Å². The van der Waals surface area contributed by atoms with E-state index in [1.165, 1.54) is 18.0 Å². The van der Waals surface area contributed by atoms with E-state index in [9.17, 15) is 4.79 Å². The van der Waals surface area contributed by atoms with Crippen LogP contribution in [0.1, 0.15) is 20.8 Å². The number of aromatic nitrogens is 2. The van der Waals surface area contributed by atoms with E-state index in [2.05, 4.69) is 29.4 Å². The Labute approximate surface area is 121 Å². The van der Waals surface area contributed by atoms with Crippen molar-refractivity contribution in [2.24, 2.45) is 5.92 Å². The molecule has 2 aromatic rings. The Balaban J connectivity index is 1.84.